The Morgan fingerprint density at radius 2 is 1.95 bits per heavy atom. The first-order valence-corrected chi connectivity index (χ1v) is 8.39. The fourth-order valence-electron chi connectivity index (χ4n) is 3.16. The first kappa shape index (κ1) is 18.2. The summed E-state index contributed by atoms with van der Waals surface area (Å²) in [6.07, 6.45) is 4.14. The number of aryl methyl sites for hydroxylation is 2. The van der Waals surface area contributed by atoms with Gasteiger partial charge < -0.3 is 10.1 Å². The molecule has 1 atom stereocenters. The minimum atomic E-state index is -0.0951. The van der Waals surface area contributed by atoms with Crippen molar-refractivity contribution in [2.45, 2.75) is 71.9 Å². The summed E-state index contributed by atoms with van der Waals surface area (Å²) in [4.78, 5) is 0. The van der Waals surface area contributed by atoms with Gasteiger partial charge in [-0.2, -0.15) is 5.10 Å². The Kier molecular flexibility index (Phi) is 7.40. The van der Waals surface area contributed by atoms with Crippen molar-refractivity contribution in [3.63, 3.8) is 0 Å². The van der Waals surface area contributed by atoms with Gasteiger partial charge >= 0.3 is 0 Å². The zero-order valence-electron chi connectivity index (χ0n) is 14.7. The molecule has 1 aromatic rings. The molecule has 0 aromatic carbocycles. The van der Waals surface area contributed by atoms with Crippen LogP contribution in [-0.2, 0) is 18.2 Å². The molecule has 4 nitrogen and oxygen atoms in total. The Labute approximate surface area is 130 Å². The fourth-order valence-corrected chi connectivity index (χ4v) is 3.16. The topological polar surface area (TPSA) is 39.1 Å². The molecule has 0 bridgehead atoms. The molecule has 0 aliphatic carbocycles. The number of hydrogen-bond donors (Lipinski definition) is 1. The first-order valence-electron chi connectivity index (χ1n) is 8.39. The second-order valence-corrected chi connectivity index (χ2v) is 5.82. The lowest BCUT2D eigenvalue weighted by molar-refractivity contribution is -0.0721. The molecular weight excluding hydrogens is 262 g/mol. The van der Waals surface area contributed by atoms with Gasteiger partial charge in [-0.25, -0.2) is 0 Å². The van der Waals surface area contributed by atoms with E-state index in [0.717, 1.165) is 44.5 Å². The normalized spacial score (nSPS) is 13.6. The maximum Gasteiger partial charge on any atom is 0.0833 e. The van der Waals surface area contributed by atoms with Gasteiger partial charge in [0, 0.05) is 31.8 Å². The number of aromatic nitrogens is 2. The zero-order valence-corrected chi connectivity index (χ0v) is 14.7. The van der Waals surface area contributed by atoms with Gasteiger partial charge in [0.15, 0.2) is 0 Å². The number of hydrogen-bond acceptors (Lipinski definition) is 3. The Bertz CT molecular complexity index is 410. The Hall–Kier alpha value is -0.870. The van der Waals surface area contributed by atoms with Crippen molar-refractivity contribution in [2.24, 2.45) is 7.05 Å². The van der Waals surface area contributed by atoms with E-state index in [1.165, 1.54) is 5.69 Å². The van der Waals surface area contributed by atoms with Crippen LogP contribution in [0.3, 0.4) is 0 Å². The maximum atomic E-state index is 6.21. The highest BCUT2D eigenvalue weighted by atomic mass is 16.5. The first-order chi connectivity index (χ1) is 10.0. The van der Waals surface area contributed by atoms with Crippen molar-refractivity contribution in [3.05, 3.63) is 17.5 Å². The molecule has 0 radical (unpaired) electrons. The minimum Gasteiger partial charge on any atom is -0.374 e. The summed E-state index contributed by atoms with van der Waals surface area (Å²) >= 11 is 0. The number of nitrogens with zero attached hydrogens (tertiary/aromatic N) is 2. The quantitative estimate of drug-likeness (QED) is 0.720. The van der Waals surface area contributed by atoms with E-state index in [1.54, 1.807) is 0 Å². The van der Waals surface area contributed by atoms with E-state index < -0.39 is 0 Å². The van der Waals surface area contributed by atoms with Gasteiger partial charge in [-0.05, 0) is 45.7 Å². The average Bonchev–Trinajstić information content (AvgIpc) is 2.79. The van der Waals surface area contributed by atoms with Gasteiger partial charge in [-0.1, -0.05) is 20.8 Å². The zero-order chi connectivity index (χ0) is 15.9. The predicted octanol–water partition coefficient (Wildman–Crippen LogP) is 3.23. The molecule has 0 aliphatic rings. The molecule has 0 fully saturated rings. The van der Waals surface area contributed by atoms with Crippen LogP contribution in [0.15, 0.2) is 6.07 Å². The van der Waals surface area contributed by atoms with Gasteiger partial charge in [-0.3, -0.25) is 4.68 Å². The molecule has 1 heterocycles. The smallest absolute Gasteiger partial charge is 0.0833 e. The van der Waals surface area contributed by atoms with Crippen molar-refractivity contribution < 1.29 is 4.74 Å². The highest BCUT2D eigenvalue weighted by Crippen LogP contribution is 2.27. The number of nitrogens with one attached hydrogen (secondary N) is 1. The van der Waals surface area contributed by atoms with E-state index in [1.807, 2.05) is 18.7 Å². The standard InChI is InChI=1S/C17H33N3O/c1-7-11-18-16(17(8-2,9-3)21-10-4)13-15-12-14(5)19-20(15)6/h12,16,18H,7-11,13H2,1-6H3. The highest BCUT2D eigenvalue weighted by Gasteiger charge is 2.36. The third-order valence-corrected chi connectivity index (χ3v) is 4.42. The average molecular weight is 295 g/mol. The molecule has 1 unspecified atom stereocenters. The Morgan fingerprint density at radius 3 is 2.38 bits per heavy atom. The van der Waals surface area contributed by atoms with E-state index >= 15 is 0 Å². The lowest BCUT2D eigenvalue weighted by Gasteiger charge is -2.40. The van der Waals surface area contributed by atoms with Crippen LogP contribution in [0.25, 0.3) is 0 Å². The summed E-state index contributed by atoms with van der Waals surface area (Å²) < 4.78 is 8.21. The van der Waals surface area contributed by atoms with Crippen LogP contribution in [0.4, 0.5) is 0 Å². The van der Waals surface area contributed by atoms with E-state index in [0.29, 0.717) is 6.04 Å². The summed E-state index contributed by atoms with van der Waals surface area (Å²) in [6, 6.07) is 2.50. The van der Waals surface area contributed by atoms with Gasteiger partial charge in [0.2, 0.25) is 0 Å². The molecule has 0 saturated heterocycles. The van der Waals surface area contributed by atoms with Crippen molar-refractivity contribution in [1.29, 1.82) is 0 Å². The van der Waals surface area contributed by atoms with E-state index in [2.05, 4.69) is 44.2 Å². The number of ether oxygens (including phenoxy) is 1. The molecule has 0 saturated carbocycles. The maximum absolute atomic E-state index is 6.21. The molecule has 1 N–H and O–H groups in total. The van der Waals surface area contributed by atoms with Crippen LogP contribution in [0.5, 0.6) is 0 Å². The van der Waals surface area contributed by atoms with E-state index in [4.69, 9.17) is 4.74 Å². The lowest BCUT2D eigenvalue weighted by atomic mass is 9.85. The van der Waals surface area contributed by atoms with Crippen molar-refractivity contribution in [1.82, 2.24) is 15.1 Å². The molecule has 122 valence electrons. The van der Waals surface area contributed by atoms with Crippen LogP contribution in [-0.4, -0.2) is 34.6 Å². The molecular formula is C17H33N3O. The summed E-state index contributed by atoms with van der Waals surface area (Å²) in [6.45, 7) is 12.6. The molecule has 21 heavy (non-hydrogen) atoms. The number of rotatable bonds is 10. The fraction of sp³-hybridized carbons (Fsp3) is 0.824. The van der Waals surface area contributed by atoms with E-state index in [9.17, 15) is 0 Å². The molecule has 0 amide bonds. The summed E-state index contributed by atoms with van der Waals surface area (Å²) in [5.74, 6) is 0. The lowest BCUT2D eigenvalue weighted by Crippen LogP contribution is -2.53. The predicted molar refractivity (Wildman–Crippen MR) is 88.7 cm³/mol. The Morgan fingerprint density at radius 1 is 1.29 bits per heavy atom. The van der Waals surface area contributed by atoms with Gasteiger partial charge in [-0.15, -0.1) is 0 Å². The summed E-state index contributed by atoms with van der Waals surface area (Å²) in [5, 5.41) is 8.19. The third-order valence-electron chi connectivity index (χ3n) is 4.42. The van der Waals surface area contributed by atoms with Crippen LogP contribution in [0.2, 0.25) is 0 Å². The van der Waals surface area contributed by atoms with Gasteiger partial charge in [0.25, 0.3) is 0 Å². The van der Waals surface area contributed by atoms with Crippen molar-refractivity contribution in [3.8, 4) is 0 Å². The Balaban J connectivity index is 2.99. The summed E-state index contributed by atoms with van der Waals surface area (Å²) in [7, 11) is 2.03. The SMILES string of the molecule is CCCNC(Cc1cc(C)nn1C)C(CC)(CC)OCC. The van der Waals surface area contributed by atoms with E-state index in [-0.39, 0.29) is 5.60 Å². The molecule has 4 heteroatoms. The summed E-state index contributed by atoms with van der Waals surface area (Å²) in [5.41, 5.74) is 2.26. The van der Waals surface area contributed by atoms with Crippen LogP contribution < -0.4 is 5.32 Å². The van der Waals surface area contributed by atoms with Gasteiger partial charge in [0.1, 0.15) is 0 Å². The molecule has 0 aliphatic heterocycles. The molecule has 1 aromatic heterocycles. The van der Waals surface area contributed by atoms with Gasteiger partial charge in [0.05, 0.1) is 11.3 Å². The van der Waals surface area contributed by atoms with Crippen molar-refractivity contribution in [2.75, 3.05) is 13.2 Å². The third kappa shape index (κ3) is 4.55. The van der Waals surface area contributed by atoms with Crippen LogP contribution in [0.1, 0.15) is 58.3 Å². The second kappa shape index (κ2) is 8.54. The van der Waals surface area contributed by atoms with Crippen LogP contribution >= 0.6 is 0 Å². The highest BCUT2D eigenvalue weighted by molar-refractivity contribution is 5.12. The largest absolute Gasteiger partial charge is 0.374 e. The minimum absolute atomic E-state index is 0.0951. The molecule has 1 rings (SSSR count). The second-order valence-electron chi connectivity index (χ2n) is 5.82. The monoisotopic (exact) mass is 295 g/mol. The van der Waals surface area contributed by atoms with Crippen LogP contribution in [0, 0.1) is 6.92 Å². The van der Waals surface area contributed by atoms with Crippen molar-refractivity contribution >= 4 is 0 Å². The molecule has 0 spiro atoms.